The van der Waals surface area contributed by atoms with Crippen molar-refractivity contribution in [3.63, 3.8) is 0 Å². The van der Waals surface area contributed by atoms with Gasteiger partial charge in [-0.25, -0.2) is 4.39 Å². The summed E-state index contributed by atoms with van der Waals surface area (Å²) in [4.78, 5) is 12.8. The Morgan fingerprint density at radius 1 is 1.22 bits per heavy atom. The molecule has 0 bridgehead atoms. The maximum Gasteiger partial charge on any atom is 0.237 e. The summed E-state index contributed by atoms with van der Waals surface area (Å²) in [5, 5.41) is 5.83. The third-order valence-electron chi connectivity index (χ3n) is 4.60. The lowest BCUT2D eigenvalue weighted by Crippen LogP contribution is -2.31. The van der Waals surface area contributed by atoms with Crippen molar-refractivity contribution < 1.29 is 9.18 Å². The number of carbonyl (C=O) groups is 1. The molecule has 1 heterocycles. The molecule has 1 aliphatic heterocycles. The molecule has 0 saturated heterocycles. The molecule has 2 aromatic rings. The van der Waals surface area contributed by atoms with Gasteiger partial charge in [-0.2, -0.15) is 0 Å². The Bertz CT molecular complexity index is 770. The Balaban J connectivity index is 0.00000261. The molecule has 146 valence electrons. The quantitative estimate of drug-likeness (QED) is 0.722. The van der Waals surface area contributed by atoms with Crippen LogP contribution in [0.25, 0.3) is 0 Å². The van der Waals surface area contributed by atoms with E-state index in [4.69, 9.17) is 0 Å². The van der Waals surface area contributed by atoms with E-state index in [1.807, 2.05) is 38.1 Å². The van der Waals surface area contributed by atoms with E-state index in [0.29, 0.717) is 18.7 Å². The highest BCUT2D eigenvalue weighted by Gasteiger charge is 2.25. The van der Waals surface area contributed by atoms with Crippen LogP contribution in [-0.4, -0.2) is 17.7 Å². The summed E-state index contributed by atoms with van der Waals surface area (Å²) in [5.74, 6) is 0.505. The maximum absolute atomic E-state index is 14.8. The third-order valence-corrected chi connectivity index (χ3v) is 6.22. The number of benzene rings is 2. The smallest absolute Gasteiger partial charge is 0.237 e. The van der Waals surface area contributed by atoms with Gasteiger partial charge in [0.1, 0.15) is 5.82 Å². The van der Waals surface area contributed by atoms with E-state index >= 15 is 0 Å². The Hall–Kier alpha value is -1.56. The summed E-state index contributed by atoms with van der Waals surface area (Å²) in [7, 11) is 0. The minimum Gasteiger partial charge on any atom is -0.323 e. The van der Waals surface area contributed by atoms with Crippen molar-refractivity contribution in [2.24, 2.45) is 5.92 Å². The summed E-state index contributed by atoms with van der Waals surface area (Å²) >= 11 is 1.60. The highest BCUT2D eigenvalue weighted by atomic mass is 35.5. The number of anilines is 1. The highest BCUT2D eigenvalue weighted by Crippen LogP contribution is 2.28. The van der Waals surface area contributed by atoms with E-state index in [1.54, 1.807) is 17.8 Å². The van der Waals surface area contributed by atoms with Gasteiger partial charge in [0.15, 0.2) is 0 Å². The number of fused-ring (bicyclic) bond motifs is 1. The molecule has 2 aromatic carbocycles. The third kappa shape index (κ3) is 5.47. The summed E-state index contributed by atoms with van der Waals surface area (Å²) in [6.07, 6.45) is 0.654. The number of nitrogens with one attached hydrogen (secondary N) is 2. The molecular weight excluding hydrogens is 383 g/mol. The van der Waals surface area contributed by atoms with Gasteiger partial charge in [0, 0.05) is 12.3 Å². The standard InChI is InChI=1S/C21H25FN2OS.ClH/c1-14(2)20(26-13-15-6-4-3-5-7-15)21(25)24-18-9-8-16-12-23-11-10-17(16)19(18)22;/h3-9,14,20,23H,10-13H2,1-2H3,(H,24,25);1H. The van der Waals surface area contributed by atoms with E-state index in [-0.39, 0.29) is 35.3 Å². The largest absolute Gasteiger partial charge is 0.323 e. The Kier molecular flexibility index (Phi) is 8.14. The zero-order valence-electron chi connectivity index (χ0n) is 15.6. The van der Waals surface area contributed by atoms with Crippen molar-refractivity contribution in [3.05, 3.63) is 65.0 Å². The monoisotopic (exact) mass is 408 g/mol. The second-order valence-corrected chi connectivity index (χ2v) is 8.07. The van der Waals surface area contributed by atoms with Gasteiger partial charge < -0.3 is 10.6 Å². The summed E-state index contributed by atoms with van der Waals surface area (Å²) in [6.45, 7) is 5.50. The summed E-state index contributed by atoms with van der Waals surface area (Å²) in [5.41, 5.74) is 3.18. The number of hydrogen-bond donors (Lipinski definition) is 2. The van der Waals surface area contributed by atoms with E-state index in [9.17, 15) is 9.18 Å². The number of amides is 1. The second-order valence-electron chi connectivity index (χ2n) is 6.94. The highest BCUT2D eigenvalue weighted by molar-refractivity contribution is 7.99. The summed E-state index contributed by atoms with van der Waals surface area (Å²) in [6, 6.07) is 13.7. The number of hydrogen-bond acceptors (Lipinski definition) is 3. The molecule has 1 amide bonds. The van der Waals surface area contributed by atoms with Crippen LogP contribution in [0, 0.1) is 11.7 Å². The van der Waals surface area contributed by atoms with E-state index in [0.717, 1.165) is 23.4 Å². The fourth-order valence-corrected chi connectivity index (χ4v) is 4.32. The number of thioether (sulfide) groups is 1. The van der Waals surface area contributed by atoms with Crippen LogP contribution in [0.4, 0.5) is 10.1 Å². The number of halogens is 2. The van der Waals surface area contributed by atoms with Gasteiger partial charge in [-0.1, -0.05) is 50.2 Å². The van der Waals surface area contributed by atoms with Crippen LogP contribution in [0.3, 0.4) is 0 Å². The zero-order chi connectivity index (χ0) is 18.5. The lowest BCUT2D eigenvalue weighted by molar-refractivity contribution is -0.116. The molecule has 0 saturated carbocycles. The van der Waals surface area contributed by atoms with Crippen LogP contribution in [0.15, 0.2) is 42.5 Å². The van der Waals surface area contributed by atoms with Gasteiger partial charge in [-0.3, -0.25) is 4.79 Å². The average Bonchev–Trinajstić information content (AvgIpc) is 2.65. The fourth-order valence-electron chi connectivity index (χ4n) is 3.17. The summed E-state index contributed by atoms with van der Waals surface area (Å²) < 4.78 is 14.8. The molecule has 0 fully saturated rings. The Morgan fingerprint density at radius 3 is 2.67 bits per heavy atom. The Labute approximate surface area is 170 Å². The second kappa shape index (κ2) is 10.1. The first kappa shape index (κ1) is 21.7. The maximum atomic E-state index is 14.8. The van der Waals surface area contributed by atoms with Crippen molar-refractivity contribution in [2.45, 2.75) is 37.8 Å². The van der Waals surface area contributed by atoms with Crippen LogP contribution in [0.1, 0.15) is 30.5 Å². The zero-order valence-corrected chi connectivity index (χ0v) is 17.3. The molecule has 1 aliphatic rings. The van der Waals surface area contributed by atoms with E-state index in [2.05, 4.69) is 22.8 Å². The van der Waals surface area contributed by atoms with Crippen LogP contribution in [0.5, 0.6) is 0 Å². The number of carbonyl (C=O) groups excluding carboxylic acids is 1. The molecule has 2 N–H and O–H groups in total. The van der Waals surface area contributed by atoms with Gasteiger partial charge in [0.2, 0.25) is 5.91 Å². The van der Waals surface area contributed by atoms with Crippen molar-refractivity contribution in [1.82, 2.24) is 5.32 Å². The molecule has 1 atom stereocenters. The van der Waals surface area contributed by atoms with E-state index in [1.165, 1.54) is 5.56 Å². The topological polar surface area (TPSA) is 41.1 Å². The van der Waals surface area contributed by atoms with Crippen LogP contribution < -0.4 is 10.6 Å². The first-order valence-corrected chi connectivity index (χ1v) is 10.1. The molecule has 3 nitrogen and oxygen atoms in total. The van der Waals surface area contributed by atoms with Crippen molar-refractivity contribution in [2.75, 3.05) is 11.9 Å². The average molecular weight is 409 g/mol. The first-order valence-electron chi connectivity index (χ1n) is 9.03. The Morgan fingerprint density at radius 2 is 1.96 bits per heavy atom. The van der Waals surface area contributed by atoms with Gasteiger partial charge in [-0.05, 0) is 41.6 Å². The predicted molar refractivity (Wildman–Crippen MR) is 114 cm³/mol. The lowest BCUT2D eigenvalue weighted by Gasteiger charge is -2.22. The molecule has 0 radical (unpaired) electrons. The van der Waals surface area contributed by atoms with Gasteiger partial charge in [0.05, 0.1) is 10.9 Å². The fraction of sp³-hybridized carbons (Fsp3) is 0.381. The predicted octanol–water partition coefficient (Wildman–Crippen LogP) is 4.79. The van der Waals surface area contributed by atoms with E-state index < -0.39 is 0 Å². The van der Waals surface area contributed by atoms with Crippen LogP contribution >= 0.6 is 24.2 Å². The van der Waals surface area contributed by atoms with Crippen molar-refractivity contribution in [1.29, 1.82) is 0 Å². The van der Waals surface area contributed by atoms with Crippen LogP contribution in [0.2, 0.25) is 0 Å². The van der Waals surface area contributed by atoms with Gasteiger partial charge >= 0.3 is 0 Å². The molecule has 0 aromatic heterocycles. The normalized spacial score (nSPS) is 14.2. The van der Waals surface area contributed by atoms with Gasteiger partial charge in [-0.15, -0.1) is 24.2 Å². The molecule has 0 spiro atoms. The van der Waals surface area contributed by atoms with Crippen molar-refractivity contribution >= 4 is 35.8 Å². The number of rotatable bonds is 6. The van der Waals surface area contributed by atoms with Crippen molar-refractivity contribution in [3.8, 4) is 0 Å². The minimum atomic E-state index is -0.284. The SMILES string of the molecule is CC(C)C(SCc1ccccc1)C(=O)Nc1ccc2c(c1F)CCNC2.Cl. The molecule has 0 aliphatic carbocycles. The molecule has 27 heavy (non-hydrogen) atoms. The van der Waals surface area contributed by atoms with Gasteiger partial charge in [0.25, 0.3) is 0 Å². The molecule has 3 rings (SSSR count). The lowest BCUT2D eigenvalue weighted by atomic mass is 9.99. The molecular formula is C21H26ClFN2OS. The molecule has 1 unspecified atom stereocenters. The van der Waals surface area contributed by atoms with Crippen LogP contribution in [-0.2, 0) is 23.5 Å². The first-order chi connectivity index (χ1) is 12.6. The molecule has 6 heteroatoms. The minimum absolute atomic E-state index is 0.